The van der Waals surface area contributed by atoms with Crippen LogP contribution in [0.3, 0.4) is 0 Å². The lowest BCUT2D eigenvalue weighted by Crippen LogP contribution is -2.13. The standard InChI is InChI=1S/C11H14N4O3/c1-8(4-5-16)7-13-11-3-2-10(15(17)18)9(6-12)14-11/h2-3,8,16H,4-5,7H2,1H3,(H,13,14). The molecule has 7 nitrogen and oxygen atoms in total. The summed E-state index contributed by atoms with van der Waals surface area (Å²) in [6.45, 7) is 2.65. The Kier molecular flexibility index (Phi) is 5.02. The molecule has 0 radical (unpaired) electrons. The second kappa shape index (κ2) is 6.51. The Labute approximate surface area is 104 Å². The zero-order valence-corrected chi connectivity index (χ0v) is 9.96. The van der Waals surface area contributed by atoms with Gasteiger partial charge in [0.05, 0.1) is 4.92 Å². The summed E-state index contributed by atoms with van der Waals surface area (Å²) in [7, 11) is 0. The van der Waals surface area contributed by atoms with Crippen LogP contribution in [0.1, 0.15) is 19.0 Å². The van der Waals surface area contributed by atoms with Crippen molar-refractivity contribution < 1.29 is 10.0 Å². The van der Waals surface area contributed by atoms with Crippen molar-refractivity contribution in [2.45, 2.75) is 13.3 Å². The first-order valence-corrected chi connectivity index (χ1v) is 5.48. The number of hydrogen-bond acceptors (Lipinski definition) is 6. The van der Waals surface area contributed by atoms with Gasteiger partial charge in [-0.05, 0) is 18.4 Å². The van der Waals surface area contributed by atoms with Crippen LogP contribution < -0.4 is 5.32 Å². The quantitative estimate of drug-likeness (QED) is 0.581. The highest BCUT2D eigenvalue weighted by Crippen LogP contribution is 2.18. The van der Waals surface area contributed by atoms with Crippen LogP contribution in [0.4, 0.5) is 11.5 Å². The third kappa shape index (κ3) is 3.68. The molecule has 1 aromatic heterocycles. The zero-order valence-electron chi connectivity index (χ0n) is 9.96. The molecule has 0 bridgehead atoms. The molecule has 0 saturated carbocycles. The maximum absolute atomic E-state index is 10.6. The van der Waals surface area contributed by atoms with Crippen LogP contribution in [-0.2, 0) is 0 Å². The van der Waals surface area contributed by atoms with Gasteiger partial charge in [-0.25, -0.2) is 4.98 Å². The number of nitriles is 1. The van der Waals surface area contributed by atoms with E-state index in [-0.39, 0.29) is 23.9 Å². The van der Waals surface area contributed by atoms with Crippen LogP contribution in [0.15, 0.2) is 12.1 Å². The minimum atomic E-state index is -0.635. The molecule has 0 fully saturated rings. The molecule has 0 aromatic carbocycles. The minimum Gasteiger partial charge on any atom is -0.396 e. The Hall–Kier alpha value is -2.20. The van der Waals surface area contributed by atoms with Crippen LogP contribution in [0.25, 0.3) is 0 Å². The van der Waals surface area contributed by atoms with Gasteiger partial charge in [-0.15, -0.1) is 0 Å². The van der Waals surface area contributed by atoms with E-state index in [0.717, 1.165) is 0 Å². The van der Waals surface area contributed by atoms with Gasteiger partial charge in [0.25, 0.3) is 0 Å². The van der Waals surface area contributed by atoms with Crippen LogP contribution >= 0.6 is 0 Å². The highest BCUT2D eigenvalue weighted by atomic mass is 16.6. The lowest BCUT2D eigenvalue weighted by Gasteiger charge is -2.11. The Morgan fingerprint density at radius 1 is 1.67 bits per heavy atom. The number of rotatable bonds is 6. The summed E-state index contributed by atoms with van der Waals surface area (Å²) >= 11 is 0. The van der Waals surface area contributed by atoms with E-state index in [9.17, 15) is 10.1 Å². The number of aromatic nitrogens is 1. The summed E-state index contributed by atoms with van der Waals surface area (Å²) in [5, 5.41) is 31.1. The van der Waals surface area contributed by atoms with Crippen molar-refractivity contribution >= 4 is 11.5 Å². The Bertz CT molecular complexity index is 470. The first-order valence-electron chi connectivity index (χ1n) is 5.48. The minimum absolute atomic E-state index is 0.111. The van der Waals surface area contributed by atoms with E-state index >= 15 is 0 Å². The highest BCUT2D eigenvalue weighted by molar-refractivity contribution is 5.50. The molecule has 1 rings (SSSR count). The average Bonchev–Trinajstić information content (AvgIpc) is 2.36. The van der Waals surface area contributed by atoms with Crippen molar-refractivity contribution in [3.05, 3.63) is 27.9 Å². The van der Waals surface area contributed by atoms with Crippen molar-refractivity contribution in [1.82, 2.24) is 4.98 Å². The summed E-state index contributed by atoms with van der Waals surface area (Å²) in [5.74, 6) is 0.666. The van der Waals surface area contributed by atoms with Crippen molar-refractivity contribution in [2.75, 3.05) is 18.5 Å². The Morgan fingerprint density at radius 3 is 2.94 bits per heavy atom. The molecule has 18 heavy (non-hydrogen) atoms. The number of anilines is 1. The van der Waals surface area contributed by atoms with Gasteiger partial charge < -0.3 is 10.4 Å². The second-order valence-electron chi connectivity index (χ2n) is 3.93. The molecule has 1 aromatic rings. The number of nitrogens with one attached hydrogen (secondary N) is 1. The molecule has 0 aliphatic heterocycles. The maximum Gasteiger partial charge on any atom is 0.305 e. The molecule has 1 unspecified atom stereocenters. The summed E-state index contributed by atoms with van der Waals surface area (Å²) in [6, 6.07) is 4.41. The zero-order chi connectivity index (χ0) is 13.5. The molecule has 7 heteroatoms. The number of nitro groups is 1. The number of hydrogen-bond donors (Lipinski definition) is 2. The number of aliphatic hydroxyl groups is 1. The molecule has 96 valence electrons. The van der Waals surface area contributed by atoms with E-state index in [0.29, 0.717) is 18.8 Å². The van der Waals surface area contributed by atoms with Gasteiger partial charge in [0, 0.05) is 19.2 Å². The number of pyridine rings is 1. The second-order valence-corrected chi connectivity index (χ2v) is 3.93. The molecule has 0 amide bonds. The van der Waals surface area contributed by atoms with Crippen LogP contribution in [0.2, 0.25) is 0 Å². The summed E-state index contributed by atoms with van der Waals surface area (Å²) < 4.78 is 0. The third-order valence-corrected chi connectivity index (χ3v) is 2.43. The maximum atomic E-state index is 10.6. The first-order chi connectivity index (χ1) is 8.58. The Morgan fingerprint density at radius 2 is 2.39 bits per heavy atom. The predicted molar refractivity (Wildman–Crippen MR) is 65.0 cm³/mol. The van der Waals surface area contributed by atoms with E-state index in [1.165, 1.54) is 12.1 Å². The molecule has 0 spiro atoms. The fourth-order valence-electron chi connectivity index (χ4n) is 1.38. The van der Waals surface area contributed by atoms with E-state index < -0.39 is 4.92 Å². The fourth-order valence-corrected chi connectivity index (χ4v) is 1.38. The van der Waals surface area contributed by atoms with Gasteiger partial charge in [-0.1, -0.05) is 6.92 Å². The van der Waals surface area contributed by atoms with Crippen LogP contribution in [0.5, 0.6) is 0 Å². The fraction of sp³-hybridized carbons (Fsp3) is 0.455. The molecule has 2 N–H and O–H groups in total. The van der Waals surface area contributed by atoms with Crippen molar-refractivity contribution in [2.24, 2.45) is 5.92 Å². The number of nitrogens with zero attached hydrogens (tertiary/aromatic N) is 3. The van der Waals surface area contributed by atoms with Gasteiger partial charge in [-0.3, -0.25) is 10.1 Å². The van der Waals surface area contributed by atoms with Gasteiger partial charge in [0.15, 0.2) is 0 Å². The molecular formula is C11H14N4O3. The largest absolute Gasteiger partial charge is 0.396 e. The van der Waals surface area contributed by atoms with Crippen molar-refractivity contribution in [3.8, 4) is 6.07 Å². The molecule has 1 heterocycles. The lowest BCUT2D eigenvalue weighted by molar-refractivity contribution is -0.385. The van der Waals surface area contributed by atoms with E-state index in [1.807, 2.05) is 6.92 Å². The van der Waals surface area contributed by atoms with Gasteiger partial charge in [0.1, 0.15) is 11.9 Å². The molecule has 0 aliphatic rings. The third-order valence-electron chi connectivity index (χ3n) is 2.43. The molecule has 0 saturated heterocycles. The molecule has 1 atom stereocenters. The van der Waals surface area contributed by atoms with Crippen molar-refractivity contribution in [1.29, 1.82) is 5.26 Å². The predicted octanol–water partition coefficient (Wildman–Crippen LogP) is 1.29. The Balaban J connectivity index is 2.75. The van der Waals surface area contributed by atoms with Crippen LogP contribution in [-0.4, -0.2) is 28.2 Å². The summed E-state index contributed by atoms with van der Waals surface area (Å²) in [4.78, 5) is 13.8. The number of aliphatic hydroxyl groups excluding tert-OH is 1. The topological polar surface area (TPSA) is 112 Å². The van der Waals surface area contributed by atoms with E-state index in [2.05, 4.69) is 10.3 Å². The lowest BCUT2D eigenvalue weighted by atomic mass is 10.1. The summed E-state index contributed by atoms with van der Waals surface area (Å²) in [5.41, 5.74) is -0.508. The smallest absolute Gasteiger partial charge is 0.305 e. The van der Waals surface area contributed by atoms with Gasteiger partial charge >= 0.3 is 5.69 Å². The normalized spacial score (nSPS) is 11.6. The van der Waals surface area contributed by atoms with Crippen LogP contribution in [0, 0.1) is 27.4 Å². The van der Waals surface area contributed by atoms with Crippen molar-refractivity contribution in [3.63, 3.8) is 0 Å². The monoisotopic (exact) mass is 250 g/mol. The van der Waals surface area contributed by atoms with Gasteiger partial charge in [-0.2, -0.15) is 5.26 Å². The highest BCUT2D eigenvalue weighted by Gasteiger charge is 2.15. The van der Waals surface area contributed by atoms with Gasteiger partial charge in [0.2, 0.25) is 5.69 Å². The van der Waals surface area contributed by atoms with E-state index in [4.69, 9.17) is 10.4 Å². The molecule has 0 aliphatic carbocycles. The molecular weight excluding hydrogens is 236 g/mol. The first kappa shape index (κ1) is 13.9. The van der Waals surface area contributed by atoms with E-state index in [1.54, 1.807) is 6.07 Å². The average molecular weight is 250 g/mol. The summed E-state index contributed by atoms with van der Waals surface area (Å²) in [6.07, 6.45) is 0.658. The SMILES string of the molecule is CC(CCO)CNc1ccc([N+](=O)[O-])c(C#N)n1.